The molecule has 1 aliphatic heterocycles. The Balaban J connectivity index is 1.52. The Morgan fingerprint density at radius 3 is 2.69 bits per heavy atom. The molecule has 0 bridgehead atoms. The lowest BCUT2D eigenvalue weighted by molar-refractivity contribution is -0.147. The van der Waals surface area contributed by atoms with Gasteiger partial charge in [0.05, 0.1) is 0 Å². The van der Waals surface area contributed by atoms with Crippen LogP contribution in [0.4, 0.5) is 4.39 Å². The summed E-state index contributed by atoms with van der Waals surface area (Å²) in [6.07, 6.45) is 5.91. The van der Waals surface area contributed by atoms with Gasteiger partial charge < -0.3 is 10.2 Å². The number of amides is 2. The van der Waals surface area contributed by atoms with Crippen LogP contribution in [0.1, 0.15) is 63.9 Å². The second kappa shape index (κ2) is 8.25. The molecule has 0 spiro atoms. The fraction of sp³-hybridized carbons (Fsp3) is 0.652. The average Bonchev–Trinajstić information content (AvgIpc) is 3.24. The van der Waals surface area contributed by atoms with Crippen molar-refractivity contribution in [2.75, 3.05) is 6.54 Å². The van der Waals surface area contributed by atoms with Crippen LogP contribution in [-0.4, -0.2) is 35.3 Å². The molecule has 2 amide bonds. The van der Waals surface area contributed by atoms with Gasteiger partial charge in [-0.1, -0.05) is 44.4 Å². The fourth-order valence-corrected chi connectivity index (χ4v) is 5.34. The summed E-state index contributed by atoms with van der Waals surface area (Å²) in [7, 11) is 0. The topological polar surface area (TPSA) is 49.4 Å². The van der Waals surface area contributed by atoms with Gasteiger partial charge in [-0.15, -0.1) is 0 Å². The molecule has 158 valence electrons. The molecule has 1 aromatic rings. The minimum atomic E-state index is -0.420. The molecule has 6 heteroatoms. The van der Waals surface area contributed by atoms with Crippen LogP contribution in [0.5, 0.6) is 0 Å². The first-order valence-electron chi connectivity index (χ1n) is 10.9. The highest BCUT2D eigenvalue weighted by Gasteiger charge is 2.50. The molecule has 2 aliphatic carbocycles. The molecule has 1 aromatic carbocycles. The lowest BCUT2D eigenvalue weighted by Gasteiger charge is -2.42. The van der Waals surface area contributed by atoms with E-state index in [9.17, 15) is 14.0 Å². The summed E-state index contributed by atoms with van der Waals surface area (Å²) in [5.41, 5.74) is 0.557. The van der Waals surface area contributed by atoms with Crippen LogP contribution in [0.3, 0.4) is 0 Å². The van der Waals surface area contributed by atoms with Crippen LogP contribution in [0.25, 0.3) is 0 Å². The molecule has 4 atom stereocenters. The summed E-state index contributed by atoms with van der Waals surface area (Å²) in [4.78, 5) is 28.2. The van der Waals surface area contributed by atoms with Gasteiger partial charge in [-0.3, -0.25) is 9.59 Å². The van der Waals surface area contributed by atoms with Crippen LogP contribution in [0.2, 0.25) is 5.02 Å². The monoisotopic (exact) mass is 420 g/mol. The van der Waals surface area contributed by atoms with Gasteiger partial charge in [-0.2, -0.15) is 0 Å². The van der Waals surface area contributed by atoms with Gasteiger partial charge in [0.1, 0.15) is 11.9 Å². The summed E-state index contributed by atoms with van der Waals surface area (Å²) in [5.74, 6) is 0.0465. The first-order valence-corrected chi connectivity index (χ1v) is 11.3. The SMILES string of the molecule is CC(C)C[C@H]1C(=O)N[C@@H](C2CCCC2)CN1C(=O)[C@@H]1C[C@H]1c1ccc(Cl)cc1F. The standard InChI is InChI=1S/C23H30ClFN2O2/c1-13(2)9-21-22(28)26-20(14-5-3-4-6-14)12-27(21)23(29)18-11-17(18)16-8-7-15(24)10-19(16)25/h7-8,10,13-14,17-18,20-21H,3-6,9,11-12H2,1-2H3,(H,26,28)/t17-,18+,20+,21-/m0/s1. The number of carbonyl (C=O) groups excluding carboxylic acids is 2. The van der Waals surface area contributed by atoms with Crippen LogP contribution in [0, 0.1) is 23.6 Å². The van der Waals surface area contributed by atoms with Crippen molar-refractivity contribution in [2.45, 2.75) is 70.4 Å². The van der Waals surface area contributed by atoms with Crippen molar-refractivity contribution in [3.05, 3.63) is 34.6 Å². The molecular formula is C23H30ClFN2O2. The summed E-state index contributed by atoms with van der Waals surface area (Å²) >= 11 is 5.86. The Kier molecular flexibility index (Phi) is 5.87. The average molecular weight is 421 g/mol. The van der Waals surface area contributed by atoms with Gasteiger partial charge in [-0.25, -0.2) is 4.39 Å². The summed E-state index contributed by atoms with van der Waals surface area (Å²) in [6, 6.07) is 4.29. The van der Waals surface area contributed by atoms with Crippen LogP contribution in [0.15, 0.2) is 18.2 Å². The first-order chi connectivity index (χ1) is 13.8. The van der Waals surface area contributed by atoms with Crippen LogP contribution >= 0.6 is 11.6 Å². The fourth-order valence-electron chi connectivity index (χ4n) is 5.18. The second-order valence-electron chi connectivity index (χ2n) is 9.41. The lowest BCUT2D eigenvalue weighted by Crippen LogP contribution is -2.63. The van der Waals surface area contributed by atoms with Crippen molar-refractivity contribution < 1.29 is 14.0 Å². The largest absolute Gasteiger partial charge is 0.350 e. The molecule has 3 fully saturated rings. The second-order valence-corrected chi connectivity index (χ2v) is 9.85. The van der Waals surface area contributed by atoms with Gasteiger partial charge in [0.25, 0.3) is 0 Å². The van der Waals surface area contributed by atoms with Gasteiger partial charge in [0.2, 0.25) is 11.8 Å². The van der Waals surface area contributed by atoms with E-state index in [1.54, 1.807) is 12.1 Å². The number of halogens is 2. The summed E-state index contributed by atoms with van der Waals surface area (Å²) in [6.45, 7) is 4.73. The molecule has 1 saturated heterocycles. The third kappa shape index (κ3) is 4.30. The number of piperazine rings is 1. The molecule has 1 N–H and O–H groups in total. The van der Waals surface area contributed by atoms with E-state index < -0.39 is 6.04 Å². The number of benzene rings is 1. The minimum absolute atomic E-state index is 0.00727. The maximum absolute atomic E-state index is 14.3. The normalized spacial score (nSPS) is 30.0. The van der Waals surface area contributed by atoms with E-state index >= 15 is 0 Å². The number of rotatable bonds is 5. The highest BCUT2D eigenvalue weighted by Crippen LogP contribution is 2.50. The number of carbonyl (C=O) groups is 2. The van der Waals surface area contributed by atoms with Crippen LogP contribution < -0.4 is 5.32 Å². The van der Waals surface area contributed by atoms with Crippen molar-refractivity contribution in [1.82, 2.24) is 10.2 Å². The lowest BCUT2D eigenvalue weighted by atomic mass is 9.91. The molecule has 29 heavy (non-hydrogen) atoms. The Morgan fingerprint density at radius 2 is 2.03 bits per heavy atom. The highest BCUT2D eigenvalue weighted by molar-refractivity contribution is 6.30. The van der Waals surface area contributed by atoms with E-state index in [1.807, 2.05) is 4.90 Å². The third-order valence-corrected chi connectivity index (χ3v) is 7.05. The number of hydrogen-bond acceptors (Lipinski definition) is 2. The van der Waals surface area contributed by atoms with E-state index in [0.717, 1.165) is 12.8 Å². The molecule has 0 aromatic heterocycles. The van der Waals surface area contributed by atoms with E-state index in [-0.39, 0.29) is 35.5 Å². The predicted octanol–water partition coefficient (Wildman–Crippen LogP) is 4.51. The Bertz CT molecular complexity index is 793. The minimum Gasteiger partial charge on any atom is -0.350 e. The van der Waals surface area contributed by atoms with E-state index in [1.165, 1.54) is 18.9 Å². The first kappa shape index (κ1) is 20.6. The maximum Gasteiger partial charge on any atom is 0.243 e. The van der Waals surface area contributed by atoms with Crippen molar-refractivity contribution in [3.63, 3.8) is 0 Å². The molecule has 1 heterocycles. The molecule has 0 radical (unpaired) electrons. The molecule has 0 unspecified atom stereocenters. The zero-order chi connectivity index (χ0) is 20.7. The molecule has 4 rings (SSSR count). The molecule has 4 nitrogen and oxygen atoms in total. The molecular weight excluding hydrogens is 391 g/mol. The highest BCUT2D eigenvalue weighted by atomic mass is 35.5. The zero-order valence-corrected chi connectivity index (χ0v) is 17.9. The molecule has 2 saturated carbocycles. The summed E-state index contributed by atoms with van der Waals surface area (Å²) < 4.78 is 14.3. The Labute approximate surface area is 177 Å². The van der Waals surface area contributed by atoms with Crippen molar-refractivity contribution >= 4 is 23.4 Å². The van der Waals surface area contributed by atoms with E-state index in [0.29, 0.717) is 41.8 Å². The van der Waals surface area contributed by atoms with Crippen molar-refractivity contribution in [1.29, 1.82) is 0 Å². The van der Waals surface area contributed by atoms with Crippen LogP contribution in [-0.2, 0) is 9.59 Å². The Hall–Kier alpha value is -1.62. The van der Waals surface area contributed by atoms with E-state index in [4.69, 9.17) is 11.6 Å². The smallest absolute Gasteiger partial charge is 0.243 e. The summed E-state index contributed by atoms with van der Waals surface area (Å²) in [5, 5.41) is 3.57. The molecule has 3 aliphatic rings. The van der Waals surface area contributed by atoms with Gasteiger partial charge in [0, 0.05) is 23.5 Å². The number of nitrogens with zero attached hydrogens (tertiary/aromatic N) is 1. The van der Waals surface area contributed by atoms with Crippen molar-refractivity contribution in [2.24, 2.45) is 17.8 Å². The van der Waals surface area contributed by atoms with Crippen molar-refractivity contribution in [3.8, 4) is 0 Å². The number of hydrogen-bond donors (Lipinski definition) is 1. The van der Waals surface area contributed by atoms with Gasteiger partial charge in [-0.05, 0) is 61.1 Å². The maximum atomic E-state index is 14.3. The third-order valence-electron chi connectivity index (χ3n) is 6.82. The number of nitrogens with one attached hydrogen (secondary N) is 1. The predicted molar refractivity (Wildman–Crippen MR) is 111 cm³/mol. The zero-order valence-electron chi connectivity index (χ0n) is 17.2. The Morgan fingerprint density at radius 1 is 1.31 bits per heavy atom. The van der Waals surface area contributed by atoms with Gasteiger partial charge in [0.15, 0.2) is 0 Å². The quantitative estimate of drug-likeness (QED) is 0.761. The van der Waals surface area contributed by atoms with E-state index in [2.05, 4.69) is 19.2 Å². The van der Waals surface area contributed by atoms with Gasteiger partial charge >= 0.3 is 0 Å².